The molecule has 172 valence electrons. The zero-order chi connectivity index (χ0) is 23.5. The number of benzene rings is 2. The zero-order valence-corrected chi connectivity index (χ0v) is 19.3. The molecule has 0 aliphatic heterocycles. The Morgan fingerprint density at radius 3 is 2.76 bits per heavy atom. The summed E-state index contributed by atoms with van der Waals surface area (Å²) >= 11 is 1.46. The number of rotatable bonds is 8. The third kappa shape index (κ3) is 4.53. The fourth-order valence-electron chi connectivity index (χ4n) is 3.41. The number of hydrogen-bond donors (Lipinski definition) is 3. The summed E-state index contributed by atoms with van der Waals surface area (Å²) in [4.78, 5) is 15.0. The number of nitrogens with zero attached hydrogens (tertiary/aromatic N) is 4. The maximum atomic E-state index is 13.6. The van der Waals surface area contributed by atoms with Crippen LogP contribution >= 0.6 is 11.3 Å². The maximum Gasteiger partial charge on any atom is 0.223 e. The summed E-state index contributed by atoms with van der Waals surface area (Å²) in [7, 11) is -1.30. The van der Waals surface area contributed by atoms with E-state index in [1.165, 1.54) is 23.5 Å². The van der Waals surface area contributed by atoms with Crippen molar-refractivity contribution >= 4 is 33.2 Å². The van der Waals surface area contributed by atoms with Gasteiger partial charge >= 0.3 is 0 Å². The number of nitrogens with one attached hydrogen (secondary N) is 2. The van der Waals surface area contributed by atoms with E-state index in [2.05, 4.69) is 25.0 Å². The molecule has 0 saturated carbocycles. The SMILES string of the molecule is O=S(NCCNc1nccc(-c2c(-c3ccc(F)c(O)c3)nc3sccn23)n1)c1ccccc1. The summed E-state index contributed by atoms with van der Waals surface area (Å²) in [5.41, 5.74) is 2.47. The molecule has 0 saturated heterocycles. The number of aromatic nitrogens is 4. The summed E-state index contributed by atoms with van der Waals surface area (Å²) in [6.07, 6.45) is 3.52. The van der Waals surface area contributed by atoms with Gasteiger partial charge in [0, 0.05) is 36.4 Å². The summed E-state index contributed by atoms with van der Waals surface area (Å²) in [5, 5.41) is 14.9. The third-order valence-corrected chi connectivity index (χ3v) is 6.90. The molecule has 1 unspecified atom stereocenters. The second-order valence-electron chi connectivity index (χ2n) is 7.20. The maximum absolute atomic E-state index is 13.6. The number of phenols is 1. The smallest absolute Gasteiger partial charge is 0.223 e. The number of anilines is 1. The molecule has 0 aliphatic carbocycles. The van der Waals surface area contributed by atoms with Gasteiger partial charge in [-0.1, -0.05) is 18.2 Å². The molecule has 0 radical (unpaired) electrons. The number of thiazole rings is 1. The molecule has 3 aromatic heterocycles. The lowest BCUT2D eigenvalue weighted by Crippen LogP contribution is -2.24. The van der Waals surface area contributed by atoms with Gasteiger partial charge in [-0.15, -0.1) is 11.3 Å². The Balaban J connectivity index is 1.36. The first kappa shape index (κ1) is 22.1. The van der Waals surface area contributed by atoms with Gasteiger partial charge in [0.05, 0.1) is 16.3 Å². The molecular formula is C23H19FN6O2S2. The molecular weight excluding hydrogens is 475 g/mol. The zero-order valence-electron chi connectivity index (χ0n) is 17.7. The Morgan fingerprint density at radius 2 is 1.94 bits per heavy atom. The molecule has 3 N–H and O–H groups in total. The Morgan fingerprint density at radius 1 is 1.09 bits per heavy atom. The van der Waals surface area contributed by atoms with E-state index in [1.807, 2.05) is 34.2 Å². The minimum absolute atomic E-state index is 0.405. The van der Waals surface area contributed by atoms with Crippen LogP contribution in [0.3, 0.4) is 0 Å². The molecule has 2 aromatic carbocycles. The van der Waals surface area contributed by atoms with Crippen LogP contribution in [0.15, 0.2) is 77.3 Å². The molecule has 0 fully saturated rings. The second-order valence-corrected chi connectivity index (χ2v) is 9.37. The number of phenolic OH excluding ortho intramolecular Hbond substituents is 1. The van der Waals surface area contributed by atoms with Gasteiger partial charge in [-0.3, -0.25) is 4.40 Å². The van der Waals surface area contributed by atoms with E-state index < -0.39 is 22.6 Å². The van der Waals surface area contributed by atoms with Crippen LogP contribution in [-0.4, -0.2) is 41.8 Å². The van der Waals surface area contributed by atoms with Gasteiger partial charge in [-0.05, 0) is 36.4 Å². The highest BCUT2D eigenvalue weighted by molar-refractivity contribution is 7.83. The van der Waals surface area contributed by atoms with Crippen molar-refractivity contribution in [2.24, 2.45) is 0 Å². The minimum atomic E-state index is -1.30. The van der Waals surface area contributed by atoms with E-state index in [9.17, 15) is 13.7 Å². The molecule has 0 aliphatic rings. The third-order valence-electron chi connectivity index (χ3n) is 4.98. The van der Waals surface area contributed by atoms with Crippen molar-refractivity contribution in [1.82, 2.24) is 24.1 Å². The van der Waals surface area contributed by atoms with Crippen LogP contribution in [0, 0.1) is 5.82 Å². The van der Waals surface area contributed by atoms with Gasteiger partial charge in [0.1, 0.15) is 16.7 Å². The van der Waals surface area contributed by atoms with Crippen molar-refractivity contribution in [3.63, 3.8) is 0 Å². The number of imidazole rings is 1. The lowest BCUT2D eigenvalue weighted by atomic mass is 10.1. The summed E-state index contributed by atoms with van der Waals surface area (Å²) in [6.45, 7) is 0.900. The topological polar surface area (TPSA) is 104 Å². The highest BCUT2D eigenvalue weighted by Gasteiger charge is 2.19. The molecule has 3 heterocycles. The predicted molar refractivity (Wildman–Crippen MR) is 130 cm³/mol. The first-order valence-corrected chi connectivity index (χ1v) is 12.3. The van der Waals surface area contributed by atoms with Gasteiger partial charge in [0.15, 0.2) is 16.5 Å². The van der Waals surface area contributed by atoms with Gasteiger partial charge in [0.2, 0.25) is 5.95 Å². The summed E-state index contributed by atoms with van der Waals surface area (Å²) in [6, 6.07) is 15.1. The lowest BCUT2D eigenvalue weighted by Gasteiger charge is -2.09. The van der Waals surface area contributed by atoms with Crippen LogP contribution in [0.4, 0.5) is 10.3 Å². The molecule has 0 amide bonds. The van der Waals surface area contributed by atoms with Crippen LogP contribution < -0.4 is 10.0 Å². The van der Waals surface area contributed by atoms with Gasteiger partial charge in [-0.2, -0.15) is 0 Å². The van der Waals surface area contributed by atoms with E-state index >= 15 is 0 Å². The molecule has 0 bridgehead atoms. The molecule has 5 aromatic rings. The van der Waals surface area contributed by atoms with Crippen molar-refractivity contribution in [3.8, 4) is 28.4 Å². The standard InChI is InChI=1S/C23H19FN6O2S2/c24-17-7-6-15(14-19(17)31)20-21(30-12-13-33-23(30)29-20)18-8-9-25-22(28-18)26-10-11-27-34(32)16-4-2-1-3-5-16/h1-9,12-14,27,31H,10-11H2,(H,25,26,28). The normalized spacial score (nSPS) is 12.1. The van der Waals surface area contributed by atoms with Crippen molar-refractivity contribution < 1.29 is 13.7 Å². The number of aromatic hydroxyl groups is 1. The van der Waals surface area contributed by atoms with E-state index in [1.54, 1.807) is 30.5 Å². The average Bonchev–Trinajstić information content (AvgIpc) is 3.46. The van der Waals surface area contributed by atoms with Crippen molar-refractivity contribution in [2.75, 3.05) is 18.4 Å². The first-order chi connectivity index (χ1) is 16.6. The lowest BCUT2D eigenvalue weighted by molar-refractivity contribution is 0.432. The van der Waals surface area contributed by atoms with Gasteiger partial charge in [-0.25, -0.2) is 28.3 Å². The predicted octanol–water partition coefficient (Wildman–Crippen LogP) is 4.09. The first-order valence-electron chi connectivity index (χ1n) is 10.3. The number of halogens is 1. The molecule has 0 spiro atoms. The molecule has 34 heavy (non-hydrogen) atoms. The van der Waals surface area contributed by atoms with Crippen molar-refractivity contribution in [1.29, 1.82) is 0 Å². The minimum Gasteiger partial charge on any atom is -0.505 e. The average molecular weight is 495 g/mol. The van der Waals surface area contributed by atoms with Gasteiger partial charge in [0.25, 0.3) is 0 Å². The van der Waals surface area contributed by atoms with Gasteiger partial charge < -0.3 is 10.4 Å². The molecule has 11 heteroatoms. The second kappa shape index (κ2) is 9.67. The quantitative estimate of drug-likeness (QED) is 0.281. The summed E-state index contributed by atoms with van der Waals surface area (Å²) in [5.74, 6) is -0.727. The van der Waals surface area contributed by atoms with Crippen LogP contribution in [-0.2, 0) is 11.0 Å². The Hall–Kier alpha value is -3.67. The highest BCUT2D eigenvalue weighted by Crippen LogP contribution is 2.35. The van der Waals surface area contributed by atoms with Crippen LogP contribution in [0.25, 0.3) is 27.6 Å². The van der Waals surface area contributed by atoms with E-state index in [0.29, 0.717) is 46.6 Å². The van der Waals surface area contributed by atoms with Crippen LogP contribution in [0.5, 0.6) is 5.75 Å². The van der Waals surface area contributed by atoms with Crippen LogP contribution in [0.1, 0.15) is 0 Å². The van der Waals surface area contributed by atoms with E-state index in [4.69, 9.17) is 0 Å². The fraction of sp³-hybridized carbons (Fsp3) is 0.0870. The van der Waals surface area contributed by atoms with E-state index in [-0.39, 0.29) is 0 Å². The Labute approximate surface area is 200 Å². The highest BCUT2D eigenvalue weighted by atomic mass is 32.2. The Bertz CT molecular complexity index is 1470. The summed E-state index contributed by atoms with van der Waals surface area (Å²) < 4.78 is 30.7. The monoisotopic (exact) mass is 494 g/mol. The van der Waals surface area contributed by atoms with Crippen molar-refractivity contribution in [3.05, 3.63) is 78.2 Å². The Kier molecular flexibility index (Phi) is 6.30. The largest absolute Gasteiger partial charge is 0.505 e. The number of hydrogen-bond acceptors (Lipinski definition) is 7. The molecule has 1 atom stereocenters. The number of fused-ring (bicyclic) bond motifs is 1. The fourth-order valence-corrected chi connectivity index (χ4v) is 4.99. The van der Waals surface area contributed by atoms with Crippen LogP contribution in [0.2, 0.25) is 0 Å². The molecule has 8 nitrogen and oxygen atoms in total. The molecule has 5 rings (SSSR count). The van der Waals surface area contributed by atoms with E-state index in [0.717, 1.165) is 4.96 Å². The van der Waals surface area contributed by atoms with Crippen molar-refractivity contribution in [2.45, 2.75) is 4.90 Å².